The maximum atomic E-state index is 14.1. The monoisotopic (exact) mass is 529 g/mol. The SMILES string of the molecule is CCC(C)(C)NC(=O)C(c1ccc(C)o1)N(C(=O)c1snc(C(N)=O)c1N)c1ccc(OC)c(OC)c1. The smallest absolute Gasteiger partial charge is 0.273 e. The first-order valence-corrected chi connectivity index (χ1v) is 12.2. The first-order chi connectivity index (χ1) is 17.4. The van der Waals surface area contributed by atoms with Crippen LogP contribution in [0.15, 0.2) is 34.7 Å². The van der Waals surface area contributed by atoms with Gasteiger partial charge in [0.15, 0.2) is 23.2 Å². The van der Waals surface area contributed by atoms with Gasteiger partial charge in [-0.25, -0.2) is 0 Å². The van der Waals surface area contributed by atoms with Crippen molar-refractivity contribution in [2.45, 2.75) is 45.7 Å². The standard InChI is InChI=1S/C25H31N5O6S/c1-7-25(3,4)28-23(32)20(16-10-8-13(2)36-16)30(14-9-11-15(34-5)17(12-14)35-6)24(33)21-18(26)19(22(27)31)29-37-21/h8-12,20H,7,26H2,1-6H3,(H2,27,31)(H,28,32). The molecule has 3 aromatic rings. The summed E-state index contributed by atoms with van der Waals surface area (Å²) >= 11 is 0.715. The molecule has 198 valence electrons. The van der Waals surface area contributed by atoms with Crippen molar-refractivity contribution in [2.24, 2.45) is 5.73 Å². The Labute approximate surface area is 218 Å². The van der Waals surface area contributed by atoms with Gasteiger partial charge in [-0.1, -0.05) is 6.92 Å². The molecular weight excluding hydrogens is 498 g/mol. The number of nitrogens with two attached hydrogens (primary N) is 2. The van der Waals surface area contributed by atoms with E-state index in [1.54, 1.807) is 37.3 Å². The molecule has 1 unspecified atom stereocenters. The van der Waals surface area contributed by atoms with Crippen LogP contribution in [0.1, 0.15) is 64.9 Å². The second-order valence-electron chi connectivity index (χ2n) is 8.93. The Morgan fingerprint density at radius 2 is 1.84 bits per heavy atom. The van der Waals surface area contributed by atoms with Gasteiger partial charge < -0.3 is 30.7 Å². The minimum absolute atomic E-state index is 0.0561. The lowest BCUT2D eigenvalue weighted by molar-refractivity contribution is -0.124. The third kappa shape index (κ3) is 5.69. The molecular formula is C25H31N5O6S. The molecule has 0 radical (unpaired) electrons. The Bertz CT molecular complexity index is 1310. The number of furan rings is 1. The summed E-state index contributed by atoms with van der Waals surface area (Å²) in [6, 6.07) is 6.85. The fourth-order valence-electron chi connectivity index (χ4n) is 3.56. The van der Waals surface area contributed by atoms with Crippen LogP contribution in [0, 0.1) is 6.92 Å². The van der Waals surface area contributed by atoms with Crippen LogP contribution in [0.3, 0.4) is 0 Å². The zero-order valence-corrected chi connectivity index (χ0v) is 22.4. The second-order valence-corrected chi connectivity index (χ2v) is 9.70. The molecule has 11 nitrogen and oxygen atoms in total. The number of nitrogen functional groups attached to an aromatic ring is 1. The summed E-state index contributed by atoms with van der Waals surface area (Å²) in [5.74, 6) is -0.503. The summed E-state index contributed by atoms with van der Waals surface area (Å²) < 4.78 is 20.6. The van der Waals surface area contributed by atoms with E-state index in [4.69, 9.17) is 25.4 Å². The molecule has 0 aliphatic rings. The molecule has 12 heteroatoms. The fourth-order valence-corrected chi connectivity index (χ4v) is 4.30. The zero-order chi connectivity index (χ0) is 27.5. The number of primary amides is 1. The lowest BCUT2D eigenvalue weighted by atomic mass is 10.0. The Morgan fingerprint density at radius 3 is 2.35 bits per heavy atom. The molecule has 37 heavy (non-hydrogen) atoms. The molecule has 1 aromatic carbocycles. The molecule has 2 heterocycles. The van der Waals surface area contributed by atoms with Crippen molar-refractivity contribution in [2.75, 3.05) is 24.9 Å². The van der Waals surface area contributed by atoms with Crippen LogP contribution in [0.25, 0.3) is 0 Å². The summed E-state index contributed by atoms with van der Waals surface area (Å²) in [6.45, 7) is 7.42. The number of anilines is 2. The Morgan fingerprint density at radius 1 is 1.16 bits per heavy atom. The molecule has 0 aliphatic carbocycles. The van der Waals surface area contributed by atoms with E-state index in [1.165, 1.54) is 19.1 Å². The lowest BCUT2D eigenvalue weighted by Crippen LogP contribution is -2.50. The second kappa shape index (κ2) is 10.9. The highest BCUT2D eigenvalue weighted by atomic mass is 32.1. The highest BCUT2D eigenvalue weighted by molar-refractivity contribution is 7.09. The zero-order valence-electron chi connectivity index (χ0n) is 21.6. The average molecular weight is 530 g/mol. The Kier molecular flexibility index (Phi) is 8.12. The molecule has 0 saturated heterocycles. The molecule has 5 N–H and O–H groups in total. The van der Waals surface area contributed by atoms with E-state index < -0.39 is 29.3 Å². The van der Waals surface area contributed by atoms with E-state index in [2.05, 4.69) is 9.69 Å². The number of benzene rings is 1. The first kappa shape index (κ1) is 27.5. The van der Waals surface area contributed by atoms with Crippen LogP contribution in [0.5, 0.6) is 11.5 Å². The van der Waals surface area contributed by atoms with Gasteiger partial charge in [0.05, 0.1) is 19.9 Å². The largest absolute Gasteiger partial charge is 0.493 e. The third-order valence-electron chi connectivity index (χ3n) is 5.90. The number of aryl methyl sites for hydroxylation is 1. The number of methoxy groups -OCH3 is 2. The van der Waals surface area contributed by atoms with E-state index in [1.807, 2.05) is 20.8 Å². The van der Waals surface area contributed by atoms with Crippen LogP contribution in [-0.4, -0.2) is 41.9 Å². The third-order valence-corrected chi connectivity index (χ3v) is 6.75. The number of carbonyl (C=O) groups excluding carboxylic acids is 3. The van der Waals surface area contributed by atoms with Crippen molar-refractivity contribution in [3.63, 3.8) is 0 Å². The Hall–Kier alpha value is -4.06. The van der Waals surface area contributed by atoms with E-state index in [9.17, 15) is 14.4 Å². The van der Waals surface area contributed by atoms with Crippen LogP contribution < -0.4 is 31.2 Å². The number of hydrogen-bond acceptors (Lipinski definition) is 9. The number of aromatic nitrogens is 1. The highest BCUT2D eigenvalue weighted by Gasteiger charge is 2.39. The molecule has 3 amide bonds. The Balaban J connectivity index is 2.27. The summed E-state index contributed by atoms with van der Waals surface area (Å²) in [6.07, 6.45) is 0.636. The number of carbonyl (C=O) groups is 3. The predicted octanol–water partition coefficient (Wildman–Crippen LogP) is 3.44. The number of nitrogens with zero attached hydrogens (tertiary/aromatic N) is 2. The topological polar surface area (TPSA) is 163 Å². The van der Waals surface area contributed by atoms with E-state index in [-0.39, 0.29) is 22.0 Å². The molecule has 2 aromatic heterocycles. The number of ether oxygens (including phenoxy) is 2. The van der Waals surface area contributed by atoms with Gasteiger partial charge in [-0.2, -0.15) is 4.37 Å². The van der Waals surface area contributed by atoms with E-state index in [0.717, 1.165) is 0 Å². The van der Waals surface area contributed by atoms with Crippen LogP contribution in [0.2, 0.25) is 0 Å². The van der Waals surface area contributed by atoms with Crippen molar-refractivity contribution in [3.8, 4) is 11.5 Å². The van der Waals surface area contributed by atoms with E-state index in [0.29, 0.717) is 40.9 Å². The minimum Gasteiger partial charge on any atom is -0.493 e. The molecule has 1 atom stereocenters. The summed E-state index contributed by atoms with van der Waals surface area (Å²) in [5.41, 5.74) is 10.8. The van der Waals surface area contributed by atoms with Crippen LogP contribution >= 0.6 is 11.5 Å². The highest BCUT2D eigenvalue weighted by Crippen LogP contribution is 2.38. The summed E-state index contributed by atoms with van der Waals surface area (Å²) in [4.78, 5) is 40.8. The van der Waals surface area contributed by atoms with Gasteiger partial charge in [0.2, 0.25) is 0 Å². The van der Waals surface area contributed by atoms with Gasteiger partial charge in [-0.15, -0.1) is 0 Å². The molecule has 0 aliphatic heterocycles. The van der Waals surface area contributed by atoms with Gasteiger partial charge in [-0.05, 0) is 63.0 Å². The number of amides is 3. The van der Waals surface area contributed by atoms with Crippen molar-refractivity contribution < 1.29 is 28.3 Å². The van der Waals surface area contributed by atoms with Gasteiger partial charge >= 0.3 is 0 Å². The fraction of sp³-hybridized carbons (Fsp3) is 0.360. The maximum Gasteiger partial charge on any atom is 0.273 e. The molecule has 0 fully saturated rings. The van der Waals surface area contributed by atoms with Crippen LogP contribution in [-0.2, 0) is 4.79 Å². The first-order valence-electron chi connectivity index (χ1n) is 11.4. The van der Waals surface area contributed by atoms with Gasteiger partial charge in [0.1, 0.15) is 16.4 Å². The van der Waals surface area contributed by atoms with Crippen LogP contribution in [0.4, 0.5) is 11.4 Å². The van der Waals surface area contributed by atoms with Crippen molar-refractivity contribution in [1.82, 2.24) is 9.69 Å². The van der Waals surface area contributed by atoms with Gasteiger partial charge in [-0.3, -0.25) is 19.3 Å². The number of hydrogen-bond donors (Lipinski definition) is 3. The minimum atomic E-state index is -1.25. The molecule has 3 rings (SSSR count). The van der Waals surface area contributed by atoms with Crippen molar-refractivity contribution >= 4 is 40.6 Å². The number of nitrogens with one attached hydrogen (secondary N) is 1. The van der Waals surface area contributed by atoms with Gasteiger partial charge in [0.25, 0.3) is 17.7 Å². The number of rotatable bonds is 10. The van der Waals surface area contributed by atoms with E-state index >= 15 is 0 Å². The molecule has 0 bridgehead atoms. The lowest BCUT2D eigenvalue weighted by Gasteiger charge is -2.33. The quantitative estimate of drug-likeness (QED) is 0.360. The van der Waals surface area contributed by atoms with Crippen molar-refractivity contribution in [1.29, 1.82) is 0 Å². The summed E-state index contributed by atoms with van der Waals surface area (Å²) in [7, 11) is 2.94. The average Bonchev–Trinajstić information content (AvgIpc) is 3.46. The molecule has 0 spiro atoms. The van der Waals surface area contributed by atoms with Crippen molar-refractivity contribution in [3.05, 3.63) is 52.4 Å². The van der Waals surface area contributed by atoms with Gasteiger partial charge in [0, 0.05) is 17.3 Å². The maximum absolute atomic E-state index is 14.1. The normalized spacial score (nSPS) is 12.1. The summed E-state index contributed by atoms with van der Waals surface area (Å²) in [5, 5.41) is 2.99. The predicted molar refractivity (Wildman–Crippen MR) is 140 cm³/mol. The molecule has 0 saturated carbocycles.